The molecule has 1 aromatic rings. The fraction of sp³-hybridized carbons (Fsp3) is 0.385. The molecule has 0 bridgehead atoms. The lowest BCUT2D eigenvalue weighted by molar-refractivity contribution is -0.120. The molecule has 0 saturated carbocycles. The van der Waals surface area contributed by atoms with Crippen LogP contribution in [0.1, 0.15) is 30.5 Å². The fourth-order valence-electron chi connectivity index (χ4n) is 1.92. The summed E-state index contributed by atoms with van der Waals surface area (Å²) in [5, 5.41) is 5.70. The zero-order chi connectivity index (χ0) is 13.1. The van der Waals surface area contributed by atoms with Crippen LogP contribution in [0.5, 0.6) is 0 Å². The Morgan fingerprint density at radius 3 is 2.89 bits per heavy atom. The summed E-state index contributed by atoms with van der Waals surface area (Å²) >= 11 is 0. The number of hydrogen-bond donors (Lipinski definition) is 2. The van der Waals surface area contributed by atoms with Gasteiger partial charge >= 0.3 is 0 Å². The summed E-state index contributed by atoms with van der Waals surface area (Å²) in [5.74, 6) is 0.0460. The molecule has 96 valence electrons. The summed E-state index contributed by atoms with van der Waals surface area (Å²) in [6.45, 7) is 4.47. The molecule has 0 radical (unpaired) electrons. The largest absolute Gasteiger partial charge is 0.340 e. The van der Waals surface area contributed by atoms with Crippen molar-refractivity contribution in [3.63, 3.8) is 0 Å². The van der Waals surface area contributed by atoms with Crippen LogP contribution in [0.4, 0.5) is 4.39 Å². The number of amides is 1. The average molecular weight is 249 g/mol. The predicted octanol–water partition coefficient (Wildman–Crippen LogP) is 1.66. The van der Waals surface area contributed by atoms with Crippen LogP contribution in [0.3, 0.4) is 0 Å². The molecule has 1 unspecified atom stereocenters. The molecule has 1 heterocycles. The standard InChI is InChI=1S/C13H16FN3O/c1-3-6-15-13-16-11(12(18)17-13)10-5-4-9(14)7-8(10)2/h4-5,7,11H,3,6H2,1-2H3,(H2,15,16,17,18). The Bertz CT molecular complexity index is 499. The van der Waals surface area contributed by atoms with E-state index in [1.54, 1.807) is 13.0 Å². The first-order valence-corrected chi connectivity index (χ1v) is 5.99. The molecule has 1 amide bonds. The number of aryl methyl sites for hydroxylation is 1. The molecule has 2 rings (SSSR count). The summed E-state index contributed by atoms with van der Waals surface area (Å²) in [4.78, 5) is 16.1. The minimum atomic E-state index is -0.485. The number of halogens is 1. The zero-order valence-corrected chi connectivity index (χ0v) is 10.5. The van der Waals surface area contributed by atoms with Gasteiger partial charge in [-0.2, -0.15) is 0 Å². The Kier molecular flexibility index (Phi) is 3.60. The van der Waals surface area contributed by atoms with Gasteiger partial charge in [0.15, 0.2) is 5.96 Å². The van der Waals surface area contributed by atoms with E-state index in [1.807, 2.05) is 6.92 Å². The van der Waals surface area contributed by atoms with Crippen molar-refractivity contribution in [1.29, 1.82) is 0 Å². The molecule has 1 aromatic carbocycles. The number of nitrogens with one attached hydrogen (secondary N) is 2. The molecule has 0 aliphatic carbocycles. The van der Waals surface area contributed by atoms with Crippen LogP contribution in [0.15, 0.2) is 23.2 Å². The van der Waals surface area contributed by atoms with Gasteiger partial charge in [0.05, 0.1) is 0 Å². The smallest absolute Gasteiger partial charge is 0.253 e. The fourth-order valence-corrected chi connectivity index (χ4v) is 1.92. The van der Waals surface area contributed by atoms with Gasteiger partial charge in [0, 0.05) is 6.54 Å². The Hall–Kier alpha value is -1.91. The van der Waals surface area contributed by atoms with Gasteiger partial charge in [0.1, 0.15) is 11.9 Å². The van der Waals surface area contributed by atoms with E-state index >= 15 is 0 Å². The van der Waals surface area contributed by atoms with Crippen molar-refractivity contribution in [3.8, 4) is 0 Å². The molecular formula is C13H16FN3O. The molecule has 1 saturated heterocycles. The van der Waals surface area contributed by atoms with E-state index in [9.17, 15) is 9.18 Å². The first-order valence-electron chi connectivity index (χ1n) is 5.99. The molecular weight excluding hydrogens is 233 g/mol. The molecule has 18 heavy (non-hydrogen) atoms. The van der Waals surface area contributed by atoms with Crippen molar-refractivity contribution in [2.24, 2.45) is 4.99 Å². The van der Waals surface area contributed by atoms with Gasteiger partial charge in [-0.25, -0.2) is 4.39 Å². The van der Waals surface area contributed by atoms with E-state index in [2.05, 4.69) is 15.6 Å². The van der Waals surface area contributed by atoms with E-state index in [0.29, 0.717) is 12.5 Å². The first-order chi connectivity index (χ1) is 8.61. The molecule has 1 aliphatic rings. The van der Waals surface area contributed by atoms with Crippen LogP contribution in [0, 0.1) is 12.7 Å². The van der Waals surface area contributed by atoms with E-state index < -0.39 is 6.04 Å². The van der Waals surface area contributed by atoms with Crippen LogP contribution in [-0.2, 0) is 4.79 Å². The van der Waals surface area contributed by atoms with E-state index in [1.165, 1.54) is 12.1 Å². The van der Waals surface area contributed by atoms with E-state index in [-0.39, 0.29) is 11.7 Å². The number of carbonyl (C=O) groups is 1. The lowest BCUT2D eigenvalue weighted by atomic mass is 10.0. The van der Waals surface area contributed by atoms with Gasteiger partial charge < -0.3 is 5.32 Å². The van der Waals surface area contributed by atoms with Crippen LogP contribution < -0.4 is 10.6 Å². The van der Waals surface area contributed by atoms with Crippen molar-refractivity contribution in [2.45, 2.75) is 26.3 Å². The summed E-state index contributed by atoms with van der Waals surface area (Å²) in [6, 6.07) is 3.93. The van der Waals surface area contributed by atoms with Crippen molar-refractivity contribution < 1.29 is 9.18 Å². The lowest BCUT2D eigenvalue weighted by Gasteiger charge is -2.11. The maximum absolute atomic E-state index is 13.0. The summed E-state index contributed by atoms with van der Waals surface area (Å²) in [5.41, 5.74) is 1.52. The minimum absolute atomic E-state index is 0.153. The van der Waals surface area contributed by atoms with Crippen LogP contribution in [-0.4, -0.2) is 18.4 Å². The maximum Gasteiger partial charge on any atom is 0.253 e. The SMILES string of the molecule is CCCN=C1NC(=O)C(c2ccc(F)cc2C)N1. The number of hydrogen-bond acceptors (Lipinski definition) is 2. The highest BCUT2D eigenvalue weighted by Gasteiger charge is 2.30. The third-order valence-corrected chi connectivity index (χ3v) is 2.82. The second kappa shape index (κ2) is 5.16. The van der Waals surface area contributed by atoms with Gasteiger partial charge in [-0.1, -0.05) is 13.0 Å². The molecule has 1 atom stereocenters. The van der Waals surface area contributed by atoms with Gasteiger partial charge in [-0.05, 0) is 36.6 Å². The molecule has 0 aromatic heterocycles. The number of nitrogens with zero attached hydrogens (tertiary/aromatic N) is 1. The molecule has 1 fully saturated rings. The third kappa shape index (κ3) is 2.50. The predicted molar refractivity (Wildman–Crippen MR) is 67.7 cm³/mol. The van der Waals surface area contributed by atoms with Crippen molar-refractivity contribution in [2.75, 3.05) is 6.54 Å². The quantitative estimate of drug-likeness (QED) is 0.856. The summed E-state index contributed by atoms with van der Waals surface area (Å²) in [7, 11) is 0. The molecule has 5 heteroatoms. The number of rotatable bonds is 3. The second-order valence-corrected chi connectivity index (χ2v) is 4.30. The summed E-state index contributed by atoms with van der Waals surface area (Å²) < 4.78 is 13.0. The third-order valence-electron chi connectivity index (χ3n) is 2.82. The van der Waals surface area contributed by atoms with Crippen LogP contribution in [0.25, 0.3) is 0 Å². The van der Waals surface area contributed by atoms with E-state index in [0.717, 1.165) is 17.5 Å². The Labute approximate surface area is 105 Å². The molecule has 4 nitrogen and oxygen atoms in total. The lowest BCUT2D eigenvalue weighted by Crippen LogP contribution is -2.25. The number of guanidine groups is 1. The van der Waals surface area contributed by atoms with Gasteiger partial charge in [0.2, 0.25) is 0 Å². The zero-order valence-electron chi connectivity index (χ0n) is 10.5. The van der Waals surface area contributed by atoms with Crippen LogP contribution >= 0.6 is 0 Å². The van der Waals surface area contributed by atoms with E-state index in [4.69, 9.17) is 0 Å². The number of benzene rings is 1. The highest BCUT2D eigenvalue weighted by Crippen LogP contribution is 2.21. The molecule has 1 aliphatic heterocycles. The Balaban J connectivity index is 2.21. The summed E-state index contributed by atoms with van der Waals surface area (Å²) in [6.07, 6.45) is 0.918. The van der Waals surface area contributed by atoms with Crippen molar-refractivity contribution in [1.82, 2.24) is 10.6 Å². The highest BCUT2D eigenvalue weighted by molar-refractivity contribution is 6.06. The normalized spacial score (nSPS) is 20.9. The molecule has 2 N–H and O–H groups in total. The minimum Gasteiger partial charge on any atom is -0.340 e. The number of carbonyl (C=O) groups excluding carboxylic acids is 1. The topological polar surface area (TPSA) is 53.5 Å². The second-order valence-electron chi connectivity index (χ2n) is 4.30. The van der Waals surface area contributed by atoms with Crippen molar-refractivity contribution in [3.05, 3.63) is 35.1 Å². The monoisotopic (exact) mass is 249 g/mol. The maximum atomic E-state index is 13.0. The highest BCUT2D eigenvalue weighted by atomic mass is 19.1. The number of aliphatic imine (C=N–C) groups is 1. The first kappa shape index (κ1) is 12.5. The van der Waals surface area contributed by atoms with Gasteiger partial charge in [-0.3, -0.25) is 15.1 Å². The Morgan fingerprint density at radius 1 is 1.44 bits per heavy atom. The van der Waals surface area contributed by atoms with Gasteiger partial charge in [-0.15, -0.1) is 0 Å². The average Bonchev–Trinajstić information content (AvgIpc) is 2.68. The van der Waals surface area contributed by atoms with Crippen LogP contribution in [0.2, 0.25) is 0 Å². The molecule has 0 spiro atoms. The Morgan fingerprint density at radius 2 is 2.22 bits per heavy atom. The van der Waals surface area contributed by atoms with Gasteiger partial charge in [0.25, 0.3) is 5.91 Å². The van der Waals surface area contributed by atoms with Crippen molar-refractivity contribution >= 4 is 11.9 Å².